The Morgan fingerprint density at radius 2 is 2.10 bits per heavy atom. The maximum Gasteiger partial charge on any atom is 0.223 e. The van der Waals surface area contributed by atoms with Crippen LogP contribution < -0.4 is 0 Å². The monoisotopic (exact) mass is 420 g/mol. The molecule has 0 N–H and O–H groups in total. The van der Waals surface area contributed by atoms with E-state index in [9.17, 15) is 4.79 Å². The number of pyridine rings is 1. The Kier molecular flexibility index (Phi) is 5.77. The molecule has 0 unspecified atom stereocenters. The average Bonchev–Trinajstić information content (AvgIpc) is 3.44. The van der Waals surface area contributed by atoms with Crippen LogP contribution in [0.1, 0.15) is 36.8 Å². The number of nitrogens with zero attached hydrogens (tertiary/aromatic N) is 4. The van der Waals surface area contributed by atoms with E-state index in [4.69, 9.17) is 4.99 Å². The molecule has 1 amide bonds. The third-order valence-corrected chi connectivity index (χ3v) is 7.26. The number of carbonyl (C=O) groups excluding carboxylic acids is 1. The molecule has 156 valence electrons. The van der Waals surface area contributed by atoms with Gasteiger partial charge in [-0.15, -0.1) is 0 Å². The van der Waals surface area contributed by atoms with Gasteiger partial charge in [0.25, 0.3) is 0 Å². The zero-order valence-electron chi connectivity index (χ0n) is 17.3. The molecular formula is C24H28N4OS. The summed E-state index contributed by atoms with van der Waals surface area (Å²) in [4.78, 5) is 26.6. The molecule has 0 saturated carbocycles. The Morgan fingerprint density at radius 3 is 2.93 bits per heavy atom. The lowest BCUT2D eigenvalue weighted by Crippen LogP contribution is -2.41. The SMILES string of the molecule is O=C(C[C@@H]1CCCN(Cc2ccsc2)C1)N1CCC2=C(C1)C(c1ccncc1)=NC2. The van der Waals surface area contributed by atoms with Crippen LogP contribution in [0.15, 0.2) is 57.5 Å². The predicted molar refractivity (Wildman–Crippen MR) is 121 cm³/mol. The zero-order chi connectivity index (χ0) is 20.3. The van der Waals surface area contributed by atoms with Gasteiger partial charge in [0.1, 0.15) is 0 Å². The molecule has 1 fully saturated rings. The fourth-order valence-corrected chi connectivity index (χ4v) is 5.62. The molecule has 1 atom stereocenters. The molecule has 5 heterocycles. The van der Waals surface area contributed by atoms with E-state index in [0.29, 0.717) is 24.8 Å². The molecule has 3 aliphatic heterocycles. The highest BCUT2D eigenvalue weighted by molar-refractivity contribution is 7.07. The Bertz CT molecular complexity index is 951. The topological polar surface area (TPSA) is 48.8 Å². The number of thiophene rings is 1. The molecule has 0 aliphatic carbocycles. The van der Waals surface area contributed by atoms with Crippen molar-refractivity contribution in [1.82, 2.24) is 14.8 Å². The molecule has 0 bridgehead atoms. The van der Waals surface area contributed by atoms with Crippen molar-refractivity contribution in [2.45, 2.75) is 32.2 Å². The van der Waals surface area contributed by atoms with Gasteiger partial charge >= 0.3 is 0 Å². The first kappa shape index (κ1) is 19.6. The van der Waals surface area contributed by atoms with Crippen LogP contribution in [0.25, 0.3) is 0 Å². The van der Waals surface area contributed by atoms with E-state index in [1.165, 1.54) is 23.1 Å². The van der Waals surface area contributed by atoms with Crippen molar-refractivity contribution >= 4 is 23.0 Å². The molecule has 1 saturated heterocycles. The van der Waals surface area contributed by atoms with Crippen molar-refractivity contribution in [3.05, 3.63) is 63.6 Å². The summed E-state index contributed by atoms with van der Waals surface area (Å²) in [6, 6.07) is 6.24. The van der Waals surface area contributed by atoms with Gasteiger partial charge in [0.05, 0.1) is 12.3 Å². The summed E-state index contributed by atoms with van der Waals surface area (Å²) >= 11 is 1.76. The molecule has 0 radical (unpaired) electrons. The van der Waals surface area contributed by atoms with Crippen LogP contribution in [0, 0.1) is 5.92 Å². The molecule has 5 rings (SSSR count). The number of rotatable bonds is 5. The van der Waals surface area contributed by atoms with Crippen molar-refractivity contribution in [2.75, 3.05) is 32.7 Å². The highest BCUT2D eigenvalue weighted by Gasteiger charge is 2.31. The number of hydrogen-bond donors (Lipinski definition) is 0. The lowest BCUT2D eigenvalue weighted by Gasteiger charge is -2.34. The van der Waals surface area contributed by atoms with E-state index in [-0.39, 0.29) is 0 Å². The number of amides is 1. The van der Waals surface area contributed by atoms with Gasteiger partial charge in [-0.1, -0.05) is 0 Å². The molecule has 2 aromatic rings. The average molecular weight is 421 g/mol. The Labute approximate surface area is 182 Å². The minimum Gasteiger partial charge on any atom is -0.338 e. The first-order valence-corrected chi connectivity index (χ1v) is 11.9. The Balaban J connectivity index is 1.19. The quantitative estimate of drug-likeness (QED) is 0.740. The van der Waals surface area contributed by atoms with Crippen molar-refractivity contribution in [3.63, 3.8) is 0 Å². The summed E-state index contributed by atoms with van der Waals surface area (Å²) in [7, 11) is 0. The van der Waals surface area contributed by atoms with Crippen molar-refractivity contribution in [2.24, 2.45) is 10.9 Å². The molecule has 3 aliphatic rings. The summed E-state index contributed by atoms with van der Waals surface area (Å²) in [5.41, 5.74) is 6.24. The van der Waals surface area contributed by atoms with Gasteiger partial charge in [0.15, 0.2) is 0 Å². The molecule has 6 heteroatoms. The first-order valence-electron chi connectivity index (χ1n) is 10.9. The van der Waals surface area contributed by atoms with Gasteiger partial charge in [-0.05, 0) is 77.4 Å². The van der Waals surface area contributed by atoms with Crippen LogP contribution in [0.5, 0.6) is 0 Å². The highest BCUT2D eigenvalue weighted by Crippen LogP contribution is 2.29. The lowest BCUT2D eigenvalue weighted by atomic mass is 9.92. The third-order valence-electron chi connectivity index (χ3n) is 6.53. The second kappa shape index (κ2) is 8.82. The number of hydrogen-bond acceptors (Lipinski definition) is 5. The lowest BCUT2D eigenvalue weighted by molar-refractivity contribution is -0.132. The normalized spacial score (nSPS) is 22.2. The van der Waals surface area contributed by atoms with Gasteiger partial charge < -0.3 is 4.90 Å². The number of aromatic nitrogens is 1. The summed E-state index contributed by atoms with van der Waals surface area (Å²) in [5, 5.41) is 4.38. The highest BCUT2D eigenvalue weighted by atomic mass is 32.1. The Morgan fingerprint density at radius 1 is 1.20 bits per heavy atom. The van der Waals surface area contributed by atoms with Crippen LogP contribution in [-0.2, 0) is 11.3 Å². The van der Waals surface area contributed by atoms with Crippen LogP contribution in [0.3, 0.4) is 0 Å². The van der Waals surface area contributed by atoms with Gasteiger partial charge in [0, 0.05) is 50.6 Å². The minimum absolute atomic E-state index is 0.310. The largest absolute Gasteiger partial charge is 0.338 e. The summed E-state index contributed by atoms with van der Waals surface area (Å²) < 4.78 is 0. The smallest absolute Gasteiger partial charge is 0.223 e. The van der Waals surface area contributed by atoms with Crippen LogP contribution in [0.2, 0.25) is 0 Å². The first-order chi connectivity index (χ1) is 14.8. The van der Waals surface area contributed by atoms with E-state index in [1.54, 1.807) is 11.3 Å². The van der Waals surface area contributed by atoms with Gasteiger partial charge in [-0.2, -0.15) is 11.3 Å². The maximum atomic E-state index is 13.2. The second-order valence-electron chi connectivity index (χ2n) is 8.63. The van der Waals surface area contributed by atoms with E-state index in [2.05, 4.69) is 31.6 Å². The fourth-order valence-electron chi connectivity index (χ4n) is 4.96. The van der Waals surface area contributed by atoms with Crippen molar-refractivity contribution < 1.29 is 4.79 Å². The van der Waals surface area contributed by atoms with Crippen LogP contribution >= 0.6 is 11.3 Å². The molecule has 5 nitrogen and oxygen atoms in total. The number of likely N-dealkylation sites (tertiary alicyclic amines) is 1. The third kappa shape index (κ3) is 4.25. The maximum absolute atomic E-state index is 13.2. The minimum atomic E-state index is 0.310. The van der Waals surface area contributed by atoms with E-state index >= 15 is 0 Å². The molecule has 30 heavy (non-hydrogen) atoms. The standard InChI is InChI=1S/C24H28N4OS/c29-23(12-18-2-1-9-27(14-18)15-19-6-11-30-17-19)28-10-5-21-13-26-24(22(21)16-28)20-3-7-25-8-4-20/h3-4,6-8,11,17-18H,1-2,5,9-10,12-16H2/t18-/m0/s1. The number of carbonyl (C=O) groups is 1. The molecular weight excluding hydrogens is 392 g/mol. The van der Waals surface area contributed by atoms with Crippen LogP contribution in [-0.4, -0.2) is 59.1 Å². The predicted octanol–water partition coefficient (Wildman–Crippen LogP) is 3.78. The van der Waals surface area contributed by atoms with E-state index in [0.717, 1.165) is 56.8 Å². The number of aliphatic imine (C=N–C) groups is 1. The fraction of sp³-hybridized carbons (Fsp3) is 0.458. The Hall–Kier alpha value is -2.31. The second-order valence-corrected chi connectivity index (χ2v) is 9.41. The molecule has 0 aromatic carbocycles. The summed E-state index contributed by atoms with van der Waals surface area (Å²) in [6.45, 7) is 5.53. The van der Waals surface area contributed by atoms with Crippen molar-refractivity contribution in [3.8, 4) is 0 Å². The zero-order valence-corrected chi connectivity index (χ0v) is 18.1. The molecule has 0 spiro atoms. The van der Waals surface area contributed by atoms with Gasteiger partial charge in [0.2, 0.25) is 5.91 Å². The molecule has 2 aromatic heterocycles. The van der Waals surface area contributed by atoms with Crippen molar-refractivity contribution in [1.29, 1.82) is 0 Å². The van der Waals surface area contributed by atoms with Gasteiger partial charge in [-0.3, -0.25) is 19.7 Å². The van der Waals surface area contributed by atoms with E-state index in [1.807, 2.05) is 24.5 Å². The summed E-state index contributed by atoms with van der Waals surface area (Å²) in [6.07, 6.45) is 7.60. The number of piperidine rings is 1. The summed E-state index contributed by atoms with van der Waals surface area (Å²) in [5.74, 6) is 0.780. The van der Waals surface area contributed by atoms with Gasteiger partial charge in [-0.25, -0.2) is 0 Å². The van der Waals surface area contributed by atoms with Crippen LogP contribution in [0.4, 0.5) is 0 Å². The van der Waals surface area contributed by atoms with E-state index < -0.39 is 0 Å².